The third-order valence-electron chi connectivity index (χ3n) is 3.62. The van der Waals surface area contributed by atoms with Crippen LogP contribution in [0.4, 0.5) is 25.8 Å². The number of anilines is 3. The van der Waals surface area contributed by atoms with Gasteiger partial charge >= 0.3 is 5.57 Å². The summed E-state index contributed by atoms with van der Waals surface area (Å²) in [6, 6.07) is 10.0. The van der Waals surface area contributed by atoms with Crippen molar-refractivity contribution in [3.63, 3.8) is 0 Å². The third-order valence-corrected chi connectivity index (χ3v) is 4.31. The number of halogens is 4. The Hall–Kier alpha value is -1.86. The summed E-state index contributed by atoms with van der Waals surface area (Å²) in [6.07, 6.45) is 1.44. The lowest BCUT2D eigenvalue weighted by molar-refractivity contribution is -0.105. The molecule has 0 aliphatic carbocycles. The smallest absolute Gasteiger partial charge is 0.420 e. The summed E-state index contributed by atoms with van der Waals surface area (Å²) in [6.45, 7) is 0.740. The molecule has 8 heteroatoms. The molecule has 0 spiro atoms. The van der Waals surface area contributed by atoms with E-state index in [9.17, 15) is 13.6 Å². The number of benzene rings is 2. The second kappa shape index (κ2) is 6.57. The van der Waals surface area contributed by atoms with Gasteiger partial charge in [-0.05, 0) is 64.3 Å². The minimum Gasteiger partial charge on any atom is -0.420 e. The van der Waals surface area contributed by atoms with E-state index in [1.807, 2.05) is 12.1 Å². The first-order valence-electron chi connectivity index (χ1n) is 7.03. The van der Waals surface area contributed by atoms with E-state index in [1.54, 1.807) is 12.1 Å². The van der Waals surface area contributed by atoms with Crippen molar-refractivity contribution >= 4 is 51.0 Å². The van der Waals surface area contributed by atoms with E-state index in [0.29, 0.717) is 12.1 Å². The third kappa shape index (κ3) is 3.62. The molecule has 3 rings (SSSR count). The molecule has 0 unspecified atom stereocenters. The van der Waals surface area contributed by atoms with Crippen LogP contribution in [0.25, 0.3) is 0 Å². The van der Waals surface area contributed by atoms with Gasteiger partial charge in [0.15, 0.2) is 0 Å². The molecule has 1 aliphatic heterocycles. The standard InChI is InChI=1S/C16H12BrClF2N2O2/c17-14-8-11(21-9-23)7-10-5-6-22(15(10)14)12-1-3-13(4-2-12)24-16(18,19)20/h1-4,7-9H,5-6H2,(H,21,23). The van der Waals surface area contributed by atoms with Crippen molar-refractivity contribution in [2.75, 3.05) is 16.8 Å². The zero-order chi connectivity index (χ0) is 17.3. The van der Waals surface area contributed by atoms with Crippen LogP contribution in [0.15, 0.2) is 40.9 Å². The van der Waals surface area contributed by atoms with Gasteiger partial charge < -0.3 is 15.0 Å². The van der Waals surface area contributed by atoms with Crippen molar-refractivity contribution in [3.8, 4) is 5.75 Å². The van der Waals surface area contributed by atoms with E-state index >= 15 is 0 Å². The van der Waals surface area contributed by atoms with E-state index in [4.69, 9.17) is 11.6 Å². The van der Waals surface area contributed by atoms with Gasteiger partial charge in [-0.2, -0.15) is 0 Å². The Kier molecular flexibility index (Phi) is 4.64. The van der Waals surface area contributed by atoms with Crippen molar-refractivity contribution in [1.29, 1.82) is 0 Å². The normalized spacial score (nSPS) is 13.6. The molecule has 0 fully saturated rings. The Balaban J connectivity index is 1.87. The van der Waals surface area contributed by atoms with Gasteiger partial charge in [-0.25, -0.2) is 0 Å². The van der Waals surface area contributed by atoms with Gasteiger partial charge in [0.1, 0.15) is 5.75 Å². The summed E-state index contributed by atoms with van der Waals surface area (Å²) in [5, 5.41) is 2.63. The molecule has 2 aromatic rings. The van der Waals surface area contributed by atoms with Gasteiger partial charge in [-0.3, -0.25) is 4.79 Å². The van der Waals surface area contributed by atoms with Crippen molar-refractivity contribution in [3.05, 3.63) is 46.4 Å². The molecular formula is C16H12BrClF2N2O2. The maximum absolute atomic E-state index is 12.7. The Morgan fingerprint density at radius 3 is 2.62 bits per heavy atom. The van der Waals surface area contributed by atoms with Crippen molar-refractivity contribution in [1.82, 2.24) is 0 Å². The van der Waals surface area contributed by atoms with Crippen LogP contribution in [-0.2, 0) is 11.2 Å². The fourth-order valence-electron chi connectivity index (χ4n) is 2.73. The summed E-state index contributed by atoms with van der Waals surface area (Å²) < 4.78 is 30.5. The average molecular weight is 418 g/mol. The lowest BCUT2D eigenvalue weighted by Crippen LogP contribution is -2.16. The first-order chi connectivity index (χ1) is 11.4. The van der Waals surface area contributed by atoms with Crippen LogP contribution in [0, 0.1) is 0 Å². The van der Waals surface area contributed by atoms with Crippen LogP contribution in [0.2, 0.25) is 0 Å². The topological polar surface area (TPSA) is 41.6 Å². The highest BCUT2D eigenvalue weighted by Gasteiger charge is 2.28. The summed E-state index contributed by atoms with van der Waals surface area (Å²) in [5.41, 5.74) is -0.0993. The molecule has 24 heavy (non-hydrogen) atoms. The predicted octanol–water partition coefficient (Wildman–Crippen LogP) is 4.88. The van der Waals surface area contributed by atoms with E-state index in [0.717, 1.165) is 34.4 Å². The molecule has 0 bridgehead atoms. The summed E-state index contributed by atoms with van der Waals surface area (Å²) >= 11 is 8.28. The van der Waals surface area contributed by atoms with E-state index in [2.05, 4.69) is 30.9 Å². The molecule has 1 N–H and O–H groups in total. The number of amides is 1. The molecule has 1 aliphatic rings. The number of hydrogen-bond acceptors (Lipinski definition) is 3. The summed E-state index contributed by atoms with van der Waals surface area (Å²) in [5.74, 6) is -0.0113. The van der Waals surface area contributed by atoms with Crippen LogP contribution < -0.4 is 15.0 Å². The number of carbonyl (C=O) groups excluding carboxylic acids is 1. The van der Waals surface area contributed by atoms with Gasteiger partial charge in [0.05, 0.1) is 5.69 Å². The Morgan fingerprint density at radius 2 is 2.00 bits per heavy atom. The predicted molar refractivity (Wildman–Crippen MR) is 92.4 cm³/mol. The number of fused-ring (bicyclic) bond motifs is 1. The first kappa shape index (κ1) is 17.0. The largest absolute Gasteiger partial charge is 0.487 e. The van der Waals surface area contributed by atoms with Crippen LogP contribution in [-0.4, -0.2) is 18.5 Å². The Morgan fingerprint density at radius 1 is 1.29 bits per heavy atom. The van der Waals surface area contributed by atoms with E-state index in [-0.39, 0.29) is 5.75 Å². The van der Waals surface area contributed by atoms with Crippen molar-refractivity contribution in [2.24, 2.45) is 0 Å². The number of alkyl halides is 3. The lowest BCUT2D eigenvalue weighted by atomic mass is 10.1. The molecule has 0 aromatic heterocycles. The molecule has 1 amide bonds. The Labute approximate surface area is 150 Å². The van der Waals surface area contributed by atoms with E-state index < -0.39 is 5.57 Å². The SMILES string of the molecule is O=CNc1cc(Br)c2c(c1)CCN2c1ccc(OC(F)(F)Cl)cc1. The number of carbonyl (C=O) groups is 1. The van der Waals surface area contributed by atoms with Crippen LogP contribution in [0.5, 0.6) is 5.75 Å². The molecule has 0 radical (unpaired) electrons. The second-order valence-corrected chi connectivity index (χ2v) is 6.47. The van der Waals surface area contributed by atoms with Gasteiger partial charge in [0, 0.05) is 34.0 Å². The molecule has 2 aromatic carbocycles. The monoisotopic (exact) mass is 416 g/mol. The first-order valence-corrected chi connectivity index (χ1v) is 8.20. The zero-order valence-electron chi connectivity index (χ0n) is 12.2. The number of nitrogens with zero attached hydrogens (tertiary/aromatic N) is 1. The zero-order valence-corrected chi connectivity index (χ0v) is 14.6. The van der Waals surface area contributed by atoms with Gasteiger partial charge in [0.25, 0.3) is 0 Å². The molecule has 0 saturated carbocycles. The maximum Gasteiger partial charge on any atom is 0.487 e. The molecule has 4 nitrogen and oxygen atoms in total. The van der Waals surface area contributed by atoms with Crippen LogP contribution in [0.3, 0.4) is 0 Å². The number of nitrogens with one attached hydrogen (secondary N) is 1. The molecule has 0 atom stereocenters. The summed E-state index contributed by atoms with van der Waals surface area (Å²) in [4.78, 5) is 12.7. The Bertz CT molecular complexity index is 766. The minimum absolute atomic E-state index is 0.0113. The lowest BCUT2D eigenvalue weighted by Gasteiger charge is -2.21. The minimum atomic E-state index is -3.73. The van der Waals surface area contributed by atoms with Crippen LogP contribution in [0.1, 0.15) is 5.56 Å². The fourth-order valence-corrected chi connectivity index (χ4v) is 3.53. The average Bonchev–Trinajstić information content (AvgIpc) is 2.91. The molecule has 126 valence electrons. The highest BCUT2D eigenvalue weighted by Crippen LogP contribution is 2.42. The van der Waals surface area contributed by atoms with Gasteiger partial charge in [0.2, 0.25) is 6.41 Å². The van der Waals surface area contributed by atoms with Crippen molar-refractivity contribution < 1.29 is 18.3 Å². The summed E-state index contributed by atoms with van der Waals surface area (Å²) in [7, 11) is 0. The number of rotatable bonds is 5. The van der Waals surface area contributed by atoms with Gasteiger partial charge in [-0.15, -0.1) is 8.78 Å². The van der Waals surface area contributed by atoms with Crippen LogP contribution >= 0.6 is 27.5 Å². The molecule has 1 heterocycles. The fraction of sp³-hybridized carbons (Fsp3) is 0.188. The van der Waals surface area contributed by atoms with E-state index in [1.165, 1.54) is 12.1 Å². The molecule has 0 saturated heterocycles. The number of hydrogen-bond donors (Lipinski definition) is 1. The quantitative estimate of drug-likeness (QED) is 0.557. The number of ether oxygens (including phenoxy) is 1. The van der Waals surface area contributed by atoms with Gasteiger partial charge in [-0.1, -0.05) is 0 Å². The second-order valence-electron chi connectivity index (χ2n) is 5.17. The van der Waals surface area contributed by atoms with Crippen molar-refractivity contribution in [2.45, 2.75) is 12.0 Å². The molecular weight excluding hydrogens is 406 g/mol. The highest BCUT2D eigenvalue weighted by atomic mass is 79.9. The maximum atomic E-state index is 12.7. The highest BCUT2D eigenvalue weighted by molar-refractivity contribution is 9.10.